The predicted molar refractivity (Wildman–Crippen MR) is 81.3 cm³/mol. The summed E-state index contributed by atoms with van der Waals surface area (Å²) in [4.78, 5) is 12.8. The van der Waals surface area contributed by atoms with Crippen LogP contribution in [-0.2, 0) is 0 Å². The van der Waals surface area contributed by atoms with Crippen molar-refractivity contribution in [3.8, 4) is 0 Å². The molecule has 0 heterocycles. The Morgan fingerprint density at radius 3 is 2.56 bits per heavy atom. The minimum absolute atomic E-state index is 0.0277. The Morgan fingerprint density at radius 2 is 1.94 bits per heavy atom. The fraction of sp³-hybridized carbons (Fsp3) is 0.500. The molecule has 0 spiro atoms. The molecular formula is C14H17Br2NO. The number of amides is 1. The van der Waals surface area contributed by atoms with E-state index in [0.717, 1.165) is 41.3 Å². The van der Waals surface area contributed by atoms with Crippen LogP contribution in [0, 0.1) is 6.92 Å². The molecule has 1 aromatic rings. The van der Waals surface area contributed by atoms with E-state index >= 15 is 0 Å². The molecule has 1 fully saturated rings. The van der Waals surface area contributed by atoms with E-state index in [0.29, 0.717) is 10.9 Å². The van der Waals surface area contributed by atoms with Crippen LogP contribution in [0.4, 0.5) is 0 Å². The molecule has 0 aliphatic heterocycles. The molecular weight excluding hydrogens is 358 g/mol. The largest absolute Gasteiger partial charge is 0.349 e. The molecule has 1 aliphatic carbocycles. The highest BCUT2D eigenvalue weighted by molar-refractivity contribution is 9.10. The van der Waals surface area contributed by atoms with Crippen molar-refractivity contribution < 1.29 is 4.79 Å². The number of benzene rings is 1. The summed E-state index contributed by atoms with van der Waals surface area (Å²) in [5.74, 6) is 0.0277. The Kier molecular flexibility index (Phi) is 4.84. The Balaban J connectivity index is 1.99. The van der Waals surface area contributed by atoms with Crippen molar-refractivity contribution in [2.24, 2.45) is 0 Å². The van der Waals surface area contributed by atoms with E-state index in [2.05, 4.69) is 37.2 Å². The number of aryl methyl sites for hydroxylation is 1. The zero-order valence-corrected chi connectivity index (χ0v) is 13.6. The number of carbonyl (C=O) groups is 1. The van der Waals surface area contributed by atoms with Crippen LogP contribution in [0.25, 0.3) is 0 Å². The standard InChI is InChI=1S/C14H17Br2NO/c1-9-2-7-12(13(16)8-9)14(18)17-11-5-3-10(15)4-6-11/h2,7-8,10-11H,3-6H2,1H3,(H,17,18). The first-order valence-electron chi connectivity index (χ1n) is 6.27. The average molecular weight is 375 g/mol. The van der Waals surface area contributed by atoms with Gasteiger partial charge in [0.15, 0.2) is 0 Å². The molecule has 2 rings (SSSR count). The molecule has 0 unspecified atom stereocenters. The third kappa shape index (κ3) is 3.58. The summed E-state index contributed by atoms with van der Waals surface area (Å²) in [7, 11) is 0. The molecule has 98 valence electrons. The molecule has 0 radical (unpaired) electrons. The second-order valence-corrected chi connectivity index (χ2v) is 7.05. The van der Waals surface area contributed by atoms with Crippen molar-refractivity contribution in [1.29, 1.82) is 0 Å². The zero-order valence-electron chi connectivity index (χ0n) is 10.4. The van der Waals surface area contributed by atoms with Crippen LogP contribution in [-0.4, -0.2) is 16.8 Å². The van der Waals surface area contributed by atoms with Crippen molar-refractivity contribution in [1.82, 2.24) is 5.32 Å². The summed E-state index contributed by atoms with van der Waals surface area (Å²) >= 11 is 7.08. The van der Waals surface area contributed by atoms with E-state index in [1.54, 1.807) is 0 Å². The molecule has 4 heteroatoms. The van der Waals surface area contributed by atoms with Gasteiger partial charge in [-0.1, -0.05) is 22.0 Å². The Bertz CT molecular complexity index is 439. The second kappa shape index (κ2) is 6.20. The number of carbonyl (C=O) groups excluding carboxylic acids is 1. The van der Waals surface area contributed by atoms with Gasteiger partial charge in [-0.15, -0.1) is 0 Å². The minimum Gasteiger partial charge on any atom is -0.349 e. The monoisotopic (exact) mass is 373 g/mol. The highest BCUT2D eigenvalue weighted by atomic mass is 79.9. The number of alkyl halides is 1. The third-order valence-electron chi connectivity index (χ3n) is 3.36. The van der Waals surface area contributed by atoms with Crippen molar-refractivity contribution >= 4 is 37.8 Å². The predicted octanol–water partition coefficient (Wildman–Crippen LogP) is 4.19. The van der Waals surface area contributed by atoms with E-state index in [4.69, 9.17) is 0 Å². The smallest absolute Gasteiger partial charge is 0.252 e. The first-order valence-corrected chi connectivity index (χ1v) is 7.98. The van der Waals surface area contributed by atoms with Gasteiger partial charge in [0, 0.05) is 15.3 Å². The lowest BCUT2D eigenvalue weighted by atomic mass is 9.95. The van der Waals surface area contributed by atoms with Gasteiger partial charge in [-0.05, 0) is 66.2 Å². The lowest BCUT2D eigenvalue weighted by Crippen LogP contribution is -2.37. The first-order chi connectivity index (χ1) is 8.56. The van der Waals surface area contributed by atoms with Gasteiger partial charge < -0.3 is 5.32 Å². The summed E-state index contributed by atoms with van der Waals surface area (Å²) in [6.07, 6.45) is 4.40. The highest BCUT2D eigenvalue weighted by Gasteiger charge is 2.21. The lowest BCUT2D eigenvalue weighted by Gasteiger charge is -2.26. The molecule has 18 heavy (non-hydrogen) atoms. The number of nitrogens with one attached hydrogen (secondary N) is 1. The molecule has 1 saturated carbocycles. The maximum absolute atomic E-state index is 12.2. The van der Waals surface area contributed by atoms with E-state index in [-0.39, 0.29) is 5.91 Å². The lowest BCUT2D eigenvalue weighted by molar-refractivity contribution is 0.0927. The van der Waals surface area contributed by atoms with Crippen LogP contribution in [0.5, 0.6) is 0 Å². The van der Waals surface area contributed by atoms with Crippen molar-refractivity contribution in [3.05, 3.63) is 33.8 Å². The van der Waals surface area contributed by atoms with Gasteiger partial charge in [0.25, 0.3) is 5.91 Å². The zero-order chi connectivity index (χ0) is 13.1. The number of halogens is 2. The Hall–Kier alpha value is -0.350. The second-order valence-electron chi connectivity index (χ2n) is 4.91. The van der Waals surface area contributed by atoms with Gasteiger partial charge in [-0.25, -0.2) is 0 Å². The fourth-order valence-corrected chi connectivity index (χ4v) is 3.47. The van der Waals surface area contributed by atoms with E-state index in [1.165, 1.54) is 0 Å². The first kappa shape index (κ1) is 14.1. The molecule has 1 aliphatic rings. The quantitative estimate of drug-likeness (QED) is 0.772. The number of hydrogen-bond acceptors (Lipinski definition) is 1. The van der Waals surface area contributed by atoms with Crippen molar-refractivity contribution in [2.75, 3.05) is 0 Å². The molecule has 0 saturated heterocycles. The number of rotatable bonds is 2. The van der Waals surface area contributed by atoms with Crippen molar-refractivity contribution in [3.63, 3.8) is 0 Å². The summed E-state index contributed by atoms with van der Waals surface area (Å²) in [5.41, 5.74) is 1.87. The maximum atomic E-state index is 12.2. The normalized spacial score (nSPS) is 23.7. The molecule has 1 aromatic carbocycles. The van der Waals surface area contributed by atoms with Crippen LogP contribution in [0.3, 0.4) is 0 Å². The van der Waals surface area contributed by atoms with Crippen LogP contribution in [0.15, 0.2) is 22.7 Å². The number of hydrogen-bond donors (Lipinski definition) is 1. The van der Waals surface area contributed by atoms with Crippen LogP contribution in [0.1, 0.15) is 41.6 Å². The van der Waals surface area contributed by atoms with E-state index < -0.39 is 0 Å². The Morgan fingerprint density at radius 1 is 1.28 bits per heavy atom. The van der Waals surface area contributed by atoms with E-state index in [9.17, 15) is 4.79 Å². The summed E-state index contributed by atoms with van der Waals surface area (Å²) < 4.78 is 0.870. The van der Waals surface area contributed by atoms with Gasteiger partial charge >= 0.3 is 0 Å². The van der Waals surface area contributed by atoms with Crippen LogP contribution >= 0.6 is 31.9 Å². The van der Waals surface area contributed by atoms with Gasteiger partial charge in [0.2, 0.25) is 0 Å². The van der Waals surface area contributed by atoms with Gasteiger partial charge in [-0.2, -0.15) is 0 Å². The molecule has 0 bridgehead atoms. The fourth-order valence-electron chi connectivity index (χ4n) is 2.26. The molecule has 0 aromatic heterocycles. The van der Waals surface area contributed by atoms with Crippen molar-refractivity contribution in [2.45, 2.75) is 43.5 Å². The summed E-state index contributed by atoms with van der Waals surface area (Å²) in [6.45, 7) is 2.02. The topological polar surface area (TPSA) is 29.1 Å². The summed E-state index contributed by atoms with van der Waals surface area (Å²) in [5, 5.41) is 3.13. The van der Waals surface area contributed by atoms with Crippen LogP contribution in [0.2, 0.25) is 0 Å². The van der Waals surface area contributed by atoms with Crippen LogP contribution < -0.4 is 5.32 Å². The minimum atomic E-state index is 0.0277. The molecule has 2 nitrogen and oxygen atoms in total. The van der Waals surface area contributed by atoms with Gasteiger partial charge in [-0.3, -0.25) is 4.79 Å². The van der Waals surface area contributed by atoms with Gasteiger partial charge in [0.1, 0.15) is 0 Å². The molecule has 1 N–H and O–H groups in total. The summed E-state index contributed by atoms with van der Waals surface area (Å²) in [6, 6.07) is 6.14. The van der Waals surface area contributed by atoms with E-state index in [1.807, 2.05) is 25.1 Å². The SMILES string of the molecule is Cc1ccc(C(=O)NC2CCC(Br)CC2)c(Br)c1. The van der Waals surface area contributed by atoms with Gasteiger partial charge in [0.05, 0.1) is 5.56 Å². The maximum Gasteiger partial charge on any atom is 0.252 e. The average Bonchev–Trinajstić information content (AvgIpc) is 2.32. The third-order valence-corrected chi connectivity index (χ3v) is 4.93. The molecule has 0 atom stereocenters. The molecule has 1 amide bonds. The Labute approximate surface area is 125 Å². The highest BCUT2D eigenvalue weighted by Crippen LogP contribution is 2.25.